The van der Waals surface area contributed by atoms with Crippen LogP contribution in [0.5, 0.6) is 5.75 Å². The maximum atomic E-state index is 11.7. The van der Waals surface area contributed by atoms with Gasteiger partial charge in [-0.2, -0.15) is 11.8 Å². The number of ketones is 1. The lowest BCUT2D eigenvalue weighted by atomic mass is 10.1. The van der Waals surface area contributed by atoms with Gasteiger partial charge >= 0.3 is 0 Å². The smallest absolute Gasteiger partial charge is 0.165 e. The van der Waals surface area contributed by atoms with E-state index in [1.54, 1.807) is 30.2 Å². The zero-order valence-corrected chi connectivity index (χ0v) is 10.7. The van der Waals surface area contributed by atoms with Gasteiger partial charge in [0.05, 0.1) is 12.3 Å². The van der Waals surface area contributed by atoms with E-state index in [0.717, 1.165) is 5.75 Å². The highest BCUT2D eigenvalue weighted by atomic mass is 32.2. The molecule has 0 aliphatic heterocycles. The van der Waals surface area contributed by atoms with Crippen molar-refractivity contribution in [3.8, 4) is 5.75 Å². The van der Waals surface area contributed by atoms with E-state index in [0.29, 0.717) is 17.7 Å². The summed E-state index contributed by atoms with van der Waals surface area (Å²) in [5, 5.41) is 0. The summed E-state index contributed by atoms with van der Waals surface area (Å²) in [6, 6.07) is 1.76. The molecule has 0 atom stereocenters. The molecule has 0 aliphatic rings. The number of hydrogen-bond donors (Lipinski definition) is 0. The highest BCUT2D eigenvalue weighted by molar-refractivity contribution is 7.98. The van der Waals surface area contributed by atoms with E-state index >= 15 is 0 Å². The number of aromatic nitrogens is 1. The predicted molar refractivity (Wildman–Crippen MR) is 67.3 cm³/mol. The Morgan fingerprint density at radius 3 is 2.88 bits per heavy atom. The summed E-state index contributed by atoms with van der Waals surface area (Å²) in [6.07, 6.45) is 5.86. The number of rotatable bonds is 6. The minimum Gasteiger partial charge on any atom is -0.489 e. The largest absolute Gasteiger partial charge is 0.489 e. The Morgan fingerprint density at radius 2 is 2.25 bits per heavy atom. The van der Waals surface area contributed by atoms with Gasteiger partial charge in [-0.3, -0.25) is 9.78 Å². The molecule has 0 aliphatic carbocycles. The van der Waals surface area contributed by atoms with Gasteiger partial charge in [-0.25, -0.2) is 0 Å². The van der Waals surface area contributed by atoms with E-state index in [1.807, 2.05) is 20.1 Å². The normalized spacial score (nSPS) is 10.5. The van der Waals surface area contributed by atoms with E-state index < -0.39 is 0 Å². The number of Topliss-reactive ketones (excluding diaryl/α,β-unsaturated/α-hetero) is 1. The standard InChI is InChI=1S/C12H17NO2S/c1-9(2)15-11-6-10(7-13-8-11)12(14)4-5-16-3/h6-9H,4-5H2,1-3H3. The minimum atomic E-state index is 0.0957. The fourth-order valence-corrected chi connectivity index (χ4v) is 1.64. The summed E-state index contributed by atoms with van der Waals surface area (Å²) in [6.45, 7) is 3.89. The van der Waals surface area contributed by atoms with Crippen LogP contribution < -0.4 is 4.74 Å². The molecule has 1 aromatic heterocycles. The average Bonchev–Trinajstić information content (AvgIpc) is 2.25. The predicted octanol–water partition coefficient (Wildman–Crippen LogP) is 2.80. The van der Waals surface area contributed by atoms with Crippen LogP contribution in [0.4, 0.5) is 0 Å². The molecule has 88 valence electrons. The summed E-state index contributed by atoms with van der Waals surface area (Å²) in [4.78, 5) is 15.7. The van der Waals surface area contributed by atoms with E-state index in [1.165, 1.54) is 0 Å². The molecular weight excluding hydrogens is 222 g/mol. The number of carbonyl (C=O) groups is 1. The SMILES string of the molecule is CSCCC(=O)c1cncc(OC(C)C)c1. The van der Waals surface area contributed by atoms with Crippen LogP contribution in [0.3, 0.4) is 0 Å². The maximum Gasteiger partial charge on any atom is 0.165 e. The van der Waals surface area contributed by atoms with Gasteiger partial charge in [0.15, 0.2) is 5.78 Å². The van der Waals surface area contributed by atoms with Gasteiger partial charge in [-0.1, -0.05) is 0 Å². The van der Waals surface area contributed by atoms with Gasteiger partial charge in [0, 0.05) is 23.9 Å². The third kappa shape index (κ3) is 4.23. The molecule has 0 amide bonds. The van der Waals surface area contributed by atoms with Crippen LogP contribution in [-0.4, -0.2) is 28.9 Å². The number of hydrogen-bond acceptors (Lipinski definition) is 4. The Hall–Kier alpha value is -1.03. The third-order valence-corrected chi connectivity index (χ3v) is 2.55. The van der Waals surface area contributed by atoms with Crippen molar-refractivity contribution in [3.63, 3.8) is 0 Å². The first kappa shape index (κ1) is 13.0. The Kier molecular flexibility index (Phi) is 5.32. The zero-order valence-electron chi connectivity index (χ0n) is 9.90. The average molecular weight is 239 g/mol. The summed E-state index contributed by atoms with van der Waals surface area (Å²) in [5.41, 5.74) is 0.632. The number of pyridine rings is 1. The number of thioether (sulfide) groups is 1. The van der Waals surface area contributed by atoms with Gasteiger partial charge in [0.1, 0.15) is 5.75 Å². The second-order valence-corrected chi connectivity index (χ2v) is 4.73. The van der Waals surface area contributed by atoms with Crippen molar-refractivity contribution in [2.75, 3.05) is 12.0 Å². The van der Waals surface area contributed by atoms with E-state index in [9.17, 15) is 4.79 Å². The van der Waals surface area contributed by atoms with Crippen LogP contribution >= 0.6 is 11.8 Å². The van der Waals surface area contributed by atoms with Gasteiger partial charge < -0.3 is 4.74 Å². The van der Waals surface area contributed by atoms with E-state index in [-0.39, 0.29) is 11.9 Å². The highest BCUT2D eigenvalue weighted by Crippen LogP contribution is 2.14. The third-order valence-electron chi connectivity index (χ3n) is 1.94. The molecule has 0 radical (unpaired) electrons. The van der Waals surface area contributed by atoms with Gasteiger partial charge in [-0.15, -0.1) is 0 Å². The molecule has 4 heteroatoms. The zero-order chi connectivity index (χ0) is 12.0. The van der Waals surface area contributed by atoms with E-state index in [4.69, 9.17) is 4.74 Å². The highest BCUT2D eigenvalue weighted by Gasteiger charge is 2.07. The maximum absolute atomic E-state index is 11.7. The van der Waals surface area contributed by atoms with Crippen molar-refractivity contribution in [2.45, 2.75) is 26.4 Å². The van der Waals surface area contributed by atoms with Crippen LogP contribution in [0.15, 0.2) is 18.5 Å². The van der Waals surface area contributed by atoms with Crippen molar-refractivity contribution in [1.82, 2.24) is 4.98 Å². The second-order valence-electron chi connectivity index (χ2n) is 3.74. The van der Waals surface area contributed by atoms with Crippen LogP contribution in [0.2, 0.25) is 0 Å². The Labute approximate surface area is 101 Å². The fourth-order valence-electron chi connectivity index (χ4n) is 1.25. The first-order valence-corrected chi connectivity index (χ1v) is 6.66. The molecule has 0 saturated carbocycles. The van der Waals surface area contributed by atoms with Gasteiger partial charge in [0.25, 0.3) is 0 Å². The Morgan fingerprint density at radius 1 is 1.50 bits per heavy atom. The van der Waals surface area contributed by atoms with Crippen LogP contribution in [-0.2, 0) is 0 Å². The summed E-state index contributed by atoms with van der Waals surface area (Å²) in [7, 11) is 0. The van der Waals surface area contributed by atoms with Crippen molar-refractivity contribution in [2.24, 2.45) is 0 Å². The molecule has 3 nitrogen and oxygen atoms in total. The van der Waals surface area contributed by atoms with Crippen LogP contribution in [0.1, 0.15) is 30.6 Å². The molecule has 0 fully saturated rings. The number of carbonyl (C=O) groups excluding carboxylic acids is 1. The second kappa shape index (κ2) is 6.53. The number of nitrogens with zero attached hydrogens (tertiary/aromatic N) is 1. The molecule has 0 spiro atoms. The monoisotopic (exact) mass is 239 g/mol. The molecule has 16 heavy (non-hydrogen) atoms. The van der Waals surface area contributed by atoms with Crippen molar-refractivity contribution in [1.29, 1.82) is 0 Å². The molecular formula is C12H17NO2S. The van der Waals surface area contributed by atoms with Crippen molar-refractivity contribution in [3.05, 3.63) is 24.0 Å². The molecule has 1 aromatic rings. The molecule has 1 heterocycles. The van der Waals surface area contributed by atoms with Gasteiger partial charge in [-0.05, 0) is 26.2 Å². The minimum absolute atomic E-state index is 0.0957. The Bertz CT molecular complexity index is 353. The van der Waals surface area contributed by atoms with Gasteiger partial charge in [0.2, 0.25) is 0 Å². The Balaban J connectivity index is 2.69. The first-order chi connectivity index (χ1) is 7.63. The quantitative estimate of drug-likeness (QED) is 0.716. The van der Waals surface area contributed by atoms with Crippen LogP contribution in [0.25, 0.3) is 0 Å². The summed E-state index contributed by atoms with van der Waals surface area (Å²) in [5.74, 6) is 1.62. The van der Waals surface area contributed by atoms with Crippen molar-refractivity contribution < 1.29 is 9.53 Å². The lowest BCUT2D eigenvalue weighted by Crippen LogP contribution is -2.07. The fraction of sp³-hybridized carbons (Fsp3) is 0.500. The first-order valence-electron chi connectivity index (χ1n) is 5.27. The lowest BCUT2D eigenvalue weighted by Gasteiger charge is -2.09. The molecule has 0 unspecified atom stereocenters. The molecule has 0 aromatic carbocycles. The lowest BCUT2D eigenvalue weighted by molar-refractivity contribution is 0.0988. The summed E-state index contributed by atoms with van der Waals surface area (Å²) < 4.78 is 5.49. The van der Waals surface area contributed by atoms with Crippen molar-refractivity contribution >= 4 is 17.5 Å². The summed E-state index contributed by atoms with van der Waals surface area (Å²) >= 11 is 1.67. The van der Waals surface area contributed by atoms with Crippen LogP contribution in [0, 0.1) is 0 Å². The molecule has 0 saturated heterocycles. The molecule has 1 rings (SSSR count). The topological polar surface area (TPSA) is 39.2 Å². The molecule has 0 N–H and O–H groups in total. The number of ether oxygens (including phenoxy) is 1. The molecule has 0 bridgehead atoms. The van der Waals surface area contributed by atoms with E-state index in [2.05, 4.69) is 4.98 Å².